The third-order valence-electron chi connectivity index (χ3n) is 2.76. The van der Waals surface area contributed by atoms with Gasteiger partial charge in [-0.25, -0.2) is 17.5 Å². The Balaban J connectivity index is 3.00. The molecule has 4 nitrogen and oxygen atoms in total. The van der Waals surface area contributed by atoms with Gasteiger partial charge in [0.15, 0.2) is 0 Å². The Hall–Kier alpha value is -0.630. The molecule has 3 N–H and O–H groups in total. The Labute approximate surface area is 118 Å². The van der Waals surface area contributed by atoms with E-state index in [2.05, 4.69) is 4.72 Å². The molecule has 0 heterocycles. The largest absolute Gasteiger partial charge is 0.326 e. The molecule has 1 rings (SSSR count). The minimum Gasteiger partial charge on any atom is -0.326 e. The first-order valence-corrected chi connectivity index (χ1v) is 8.46. The summed E-state index contributed by atoms with van der Waals surface area (Å²) in [6, 6.07) is 3.86. The standard InChI is InChI=1S/C12H19FN2O2S2/c1-12(2,18-3)8-15-19(16,17)11-6-9(7-14)4-5-10(11)13/h4-6,15H,7-8,14H2,1-3H3. The summed E-state index contributed by atoms with van der Waals surface area (Å²) in [5.41, 5.74) is 6.01. The minimum atomic E-state index is -3.86. The van der Waals surface area contributed by atoms with Crippen LogP contribution < -0.4 is 10.5 Å². The highest BCUT2D eigenvalue weighted by atomic mass is 32.2. The maximum atomic E-state index is 13.6. The molecule has 0 bridgehead atoms. The second-order valence-corrected chi connectivity index (χ2v) is 8.01. The van der Waals surface area contributed by atoms with Crippen LogP contribution in [0.4, 0.5) is 4.39 Å². The van der Waals surface area contributed by atoms with Gasteiger partial charge >= 0.3 is 0 Å². The van der Waals surface area contributed by atoms with Crippen LogP contribution in [0.1, 0.15) is 19.4 Å². The highest BCUT2D eigenvalue weighted by Crippen LogP contribution is 2.22. The molecular weight excluding hydrogens is 287 g/mol. The summed E-state index contributed by atoms with van der Waals surface area (Å²) in [6.45, 7) is 4.21. The lowest BCUT2D eigenvalue weighted by Crippen LogP contribution is -2.36. The molecule has 0 saturated heterocycles. The van der Waals surface area contributed by atoms with Crippen LogP contribution in [0, 0.1) is 5.82 Å². The Morgan fingerprint density at radius 1 is 1.42 bits per heavy atom. The van der Waals surface area contributed by atoms with Crippen molar-refractivity contribution in [3.63, 3.8) is 0 Å². The van der Waals surface area contributed by atoms with Crippen LogP contribution in [0.25, 0.3) is 0 Å². The van der Waals surface area contributed by atoms with E-state index in [1.165, 1.54) is 23.9 Å². The summed E-state index contributed by atoms with van der Waals surface area (Å²) in [5.74, 6) is -0.772. The second-order valence-electron chi connectivity index (χ2n) is 4.76. The molecule has 1 aromatic carbocycles. The molecule has 0 radical (unpaired) electrons. The zero-order valence-corrected chi connectivity index (χ0v) is 12.9. The van der Waals surface area contributed by atoms with Crippen LogP contribution in [0.5, 0.6) is 0 Å². The van der Waals surface area contributed by atoms with Gasteiger partial charge in [-0.1, -0.05) is 6.07 Å². The van der Waals surface area contributed by atoms with Gasteiger partial charge in [0, 0.05) is 17.8 Å². The summed E-state index contributed by atoms with van der Waals surface area (Å²) >= 11 is 1.53. The van der Waals surface area contributed by atoms with E-state index in [1.54, 1.807) is 0 Å². The molecule has 0 unspecified atom stereocenters. The van der Waals surface area contributed by atoms with Crippen molar-refractivity contribution in [1.82, 2.24) is 4.72 Å². The van der Waals surface area contributed by atoms with Crippen molar-refractivity contribution < 1.29 is 12.8 Å². The molecule has 0 saturated carbocycles. The molecule has 0 aliphatic rings. The van der Waals surface area contributed by atoms with E-state index in [9.17, 15) is 12.8 Å². The highest BCUT2D eigenvalue weighted by Gasteiger charge is 2.23. The quantitative estimate of drug-likeness (QED) is 0.839. The number of nitrogens with one attached hydrogen (secondary N) is 1. The van der Waals surface area contributed by atoms with Crippen molar-refractivity contribution in [3.05, 3.63) is 29.6 Å². The average Bonchev–Trinajstić information content (AvgIpc) is 2.37. The lowest BCUT2D eigenvalue weighted by atomic mass is 10.2. The van der Waals surface area contributed by atoms with Crippen molar-refractivity contribution in [2.24, 2.45) is 5.73 Å². The fourth-order valence-electron chi connectivity index (χ4n) is 1.30. The van der Waals surface area contributed by atoms with Gasteiger partial charge in [0.1, 0.15) is 10.7 Å². The number of hydrogen-bond donors (Lipinski definition) is 2. The summed E-state index contributed by atoms with van der Waals surface area (Å²) in [5, 5.41) is 0. The number of nitrogens with two attached hydrogens (primary N) is 1. The number of benzene rings is 1. The molecule has 0 aliphatic carbocycles. The van der Waals surface area contributed by atoms with Crippen molar-refractivity contribution in [1.29, 1.82) is 0 Å². The van der Waals surface area contributed by atoms with Crippen molar-refractivity contribution in [3.8, 4) is 0 Å². The molecule has 0 fully saturated rings. The normalized spacial score (nSPS) is 12.7. The van der Waals surface area contributed by atoms with Crippen LogP contribution >= 0.6 is 11.8 Å². The van der Waals surface area contributed by atoms with Crippen LogP contribution in [0.2, 0.25) is 0 Å². The fourth-order valence-corrected chi connectivity index (χ4v) is 2.94. The van der Waals surface area contributed by atoms with E-state index in [-0.39, 0.29) is 22.7 Å². The SMILES string of the molecule is CSC(C)(C)CNS(=O)(=O)c1cc(CN)ccc1F. The number of hydrogen-bond acceptors (Lipinski definition) is 4. The third kappa shape index (κ3) is 4.45. The first kappa shape index (κ1) is 16.4. The van der Waals surface area contributed by atoms with Gasteiger partial charge in [0.05, 0.1) is 0 Å². The fraction of sp³-hybridized carbons (Fsp3) is 0.500. The molecular formula is C12H19FN2O2S2. The Morgan fingerprint density at radius 2 is 2.05 bits per heavy atom. The van der Waals surface area contributed by atoms with Crippen molar-refractivity contribution >= 4 is 21.8 Å². The molecule has 19 heavy (non-hydrogen) atoms. The highest BCUT2D eigenvalue weighted by molar-refractivity contribution is 8.00. The zero-order chi connectivity index (χ0) is 14.7. The smallest absolute Gasteiger partial charge is 0.243 e. The van der Waals surface area contributed by atoms with Crippen molar-refractivity contribution in [2.75, 3.05) is 12.8 Å². The van der Waals surface area contributed by atoms with E-state index < -0.39 is 15.8 Å². The summed E-state index contributed by atoms with van der Waals surface area (Å²) in [6.07, 6.45) is 1.89. The van der Waals surface area contributed by atoms with E-state index in [4.69, 9.17) is 5.73 Å². The molecule has 0 atom stereocenters. The van der Waals surface area contributed by atoms with Gasteiger partial charge in [-0.15, -0.1) is 0 Å². The molecule has 0 spiro atoms. The first-order valence-electron chi connectivity index (χ1n) is 5.75. The second kappa shape index (κ2) is 6.21. The topological polar surface area (TPSA) is 72.2 Å². The molecule has 108 valence electrons. The number of rotatable bonds is 6. The van der Waals surface area contributed by atoms with E-state index in [0.717, 1.165) is 6.07 Å². The predicted molar refractivity (Wildman–Crippen MR) is 77.1 cm³/mol. The van der Waals surface area contributed by atoms with Gasteiger partial charge < -0.3 is 5.73 Å². The lowest BCUT2D eigenvalue weighted by molar-refractivity contribution is 0.549. The van der Waals surface area contributed by atoms with Gasteiger partial charge in [0.2, 0.25) is 10.0 Å². The van der Waals surface area contributed by atoms with E-state index in [1.807, 2.05) is 20.1 Å². The number of halogens is 1. The molecule has 7 heteroatoms. The zero-order valence-electron chi connectivity index (χ0n) is 11.2. The van der Waals surface area contributed by atoms with Crippen LogP contribution in [-0.2, 0) is 16.6 Å². The number of sulfonamides is 1. The van der Waals surface area contributed by atoms with Crippen LogP contribution in [-0.4, -0.2) is 26.0 Å². The Kier molecular flexibility index (Phi) is 5.37. The van der Waals surface area contributed by atoms with Gasteiger partial charge in [-0.2, -0.15) is 11.8 Å². The first-order chi connectivity index (χ1) is 8.72. The molecule has 1 aromatic rings. The maximum absolute atomic E-state index is 13.6. The van der Waals surface area contributed by atoms with Gasteiger partial charge in [0.25, 0.3) is 0 Å². The summed E-state index contributed by atoms with van der Waals surface area (Å²) < 4.78 is 40.0. The van der Waals surface area contributed by atoms with Crippen molar-refractivity contribution in [2.45, 2.75) is 30.0 Å². The summed E-state index contributed by atoms with van der Waals surface area (Å²) in [7, 11) is -3.86. The van der Waals surface area contributed by atoms with Crippen LogP contribution in [0.3, 0.4) is 0 Å². The average molecular weight is 306 g/mol. The Bertz CT molecular complexity index is 545. The van der Waals surface area contributed by atoms with Gasteiger partial charge in [-0.3, -0.25) is 0 Å². The number of thioether (sulfide) groups is 1. The molecule has 0 amide bonds. The lowest BCUT2D eigenvalue weighted by Gasteiger charge is -2.22. The minimum absolute atomic E-state index is 0.166. The predicted octanol–water partition coefficient (Wildman–Crippen LogP) is 1.70. The van der Waals surface area contributed by atoms with E-state index >= 15 is 0 Å². The molecule has 0 aliphatic heterocycles. The van der Waals surface area contributed by atoms with Gasteiger partial charge in [-0.05, 0) is 37.8 Å². The monoisotopic (exact) mass is 306 g/mol. The maximum Gasteiger partial charge on any atom is 0.243 e. The van der Waals surface area contributed by atoms with Crippen LogP contribution in [0.15, 0.2) is 23.1 Å². The summed E-state index contributed by atoms with van der Waals surface area (Å²) in [4.78, 5) is -0.354. The Morgan fingerprint density at radius 3 is 2.58 bits per heavy atom. The van der Waals surface area contributed by atoms with E-state index in [0.29, 0.717) is 5.56 Å². The third-order valence-corrected chi connectivity index (χ3v) is 5.43. The molecule has 0 aromatic heterocycles.